The Hall–Kier alpha value is -1.52. The van der Waals surface area contributed by atoms with E-state index in [4.69, 9.17) is 4.98 Å². The summed E-state index contributed by atoms with van der Waals surface area (Å²) in [5.74, 6) is 0. The van der Waals surface area contributed by atoms with Gasteiger partial charge in [0.05, 0.1) is 29.0 Å². The molecule has 1 fully saturated rings. The smallest absolute Gasteiger partial charge is 0.0890 e. The Morgan fingerprint density at radius 1 is 1.29 bits per heavy atom. The SMILES string of the molecule is CN1CCNCC1c1cnc2ccccc2n1. The molecular weight excluding hydrogens is 212 g/mol. The summed E-state index contributed by atoms with van der Waals surface area (Å²) >= 11 is 0. The number of hydrogen-bond donors (Lipinski definition) is 1. The molecule has 4 nitrogen and oxygen atoms in total. The first kappa shape index (κ1) is 10.6. The molecule has 0 spiro atoms. The Morgan fingerprint density at radius 3 is 2.94 bits per heavy atom. The van der Waals surface area contributed by atoms with Gasteiger partial charge in [-0.3, -0.25) is 9.88 Å². The molecule has 17 heavy (non-hydrogen) atoms. The average molecular weight is 228 g/mol. The molecular formula is C13H16N4. The van der Waals surface area contributed by atoms with Gasteiger partial charge in [-0.25, -0.2) is 4.98 Å². The van der Waals surface area contributed by atoms with E-state index in [1.807, 2.05) is 30.5 Å². The number of nitrogens with zero attached hydrogens (tertiary/aromatic N) is 3. The fraction of sp³-hybridized carbons (Fsp3) is 0.385. The van der Waals surface area contributed by atoms with Crippen molar-refractivity contribution in [2.75, 3.05) is 26.7 Å². The van der Waals surface area contributed by atoms with E-state index in [1.54, 1.807) is 0 Å². The van der Waals surface area contributed by atoms with E-state index < -0.39 is 0 Å². The van der Waals surface area contributed by atoms with Crippen molar-refractivity contribution in [1.29, 1.82) is 0 Å². The van der Waals surface area contributed by atoms with Crippen LogP contribution in [0, 0.1) is 0 Å². The lowest BCUT2D eigenvalue weighted by Gasteiger charge is -2.32. The van der Waals surface area contributed by atoms with E-state index in [1.165, 1.54) is 0 Å². The van der Waals surface area contributed by atoms with Crippen molar-refractivity contribution in [3.8, 4) is 0 Å². The topological polar surface area (TPSA) is 41.0 Å². The van der Waals surface area contributed by atoms with Crippen molar-refractivity contribution in [2.45, 2.75) is 6.04 Å². The van der Waals surface area contributed by atoms with Gasteiger partial charge in [-0.1, -0.05) is 12.1 Å². The average Bonchev–Trinajstić information content (AvgIpc) is 2.39. The molecule has 1 N–H and O–H groups in total. The maximum atomic E-state index is 4.71. The number of benzene rings is 1. The molecule has 2 heterocycles. The first-order valence-corrected chi connectivity index (χ1v) is 5.97. The van der Waals surface area contributed by atoms with Gasteiger partial charge < -0.3 is 5.32 Å². The van der Waals surface area contributed by atoms with Crippen molar-refractivity contribution in [2.24, 2.45) is 0 Å². The molecule has 1 aromatic heterocycles. The van der Waals surface area contributed by atoms with Gasteiger partial charge in [0, 0.05) is 19.6 Å². The Kier molecular flexibility index (Phi) is 2.74. The summed E-state index contributed by atoms with van der Waals surface area (Å²) in [5.41, 5.74) is 2.99. The second-order valence-corrected chi connectivity index (χ2v) is 4.48. The molecule has 0 amide bonds. The van der Waals surface area contributed by atoms with E-state index in [9.17, 15) is 0 Å². The third-order valence-electron chi connectivity index (χ3n) is 3.32. The molecule has 1 atom stereocenters. The predicted molar refractivity (Wildman–Crippen MR) is 67.8 cm³/mol. The van der Waals surface area contributed by atoms with Crippen LogP contribution in [0.2, 0.25) is 0 Å². The Labute approximate surface area is 101 Å². The van der Waals surface area contributed by atoms with E-state index in [2.05, 4.69) is 22.2 Å². The lowest BCUT2D eigenvalue weighted by molar-refractivity contribution is 0.198. The maximum absolute atomic E-state index is 4.71. The monoisotopic (exact) mass is 228 g/mol. The van der Waals surface area contributed by atoms with Crippen LogP contribution in [0.15, 0.2) is 30.5 Å². The number of fused-ring (bicyclic) bond motifs is 1. The van der Waals surface area contributed by atoms with Gasteiger partial charge in [-0.2, -0.15) is 0 Å². The lowest BCUT2D eigenvalue weighted by atomic mass is 10.1. The van der Waals surface area contributed by atoms with Crippen LogP contribution in [-0.2, 0) is 0 Å². The summed E-state index contributed by atoms with van der Waals surface area (Å²) < 4.78 is 0. The van der Waals surface area contributed by atoms with E-state index in [0.29, 0.717) is 6.04 Å². The second kappa shape index (κ2) is 4.39. The molecule has 3 rings (SSSR count). The Bertz CT molecular complexity index is 526. The first-order chi connectivity index (χ1) is 8.34. The minimum Gasteiger partial charge on any atom is -0.313 e. The number of rotatable bonds is 1. The third-order valence-corrected chi connectivity index (χ3v) is 3.32. The summed E-state index contributed by atoms with van der Waals surface area (Å²) in [6.07, 6.45) is 1.90. The number of aromatic nitrogens is 2. The highest BCUT2D eigenvalue weighted by Crippen LogP contribution is 2.19. The number of likely N-dealkylation sites (N-methyl/N-ethyl adjacent to an activating group) is 1. The zero-order valence-electron chi connectivity index (χ0n) is 9.93. The largest absolute Gasteiger partial charge is 0.313 e. The second-order valence-electron chi connectivity index (χ2n) is 4.48. The molecule has 1 aromatic carbocycles. The van der Waals surface area contributed by atoms with Gasteiger partial charge in [0.15, 0.2) is 0 Å². The van der Waals surface area contributed by atoms with Crippen LogP contribution in [0.25, 0.3) is 11.0 Å². The standard InChI is InChI=1S/C13H16N4/c1-17-7-6-14-9-13(17)12-8-15-10-4-2-3-5-11(10)16-12/h2-5,8,13-14H,6-7,9H2,1H3. The van der Waals surface area contributed by atoms with Crippen LogP contribution in [0.3, 0.4) is 0 Å². The van der Waals surface area contributed by atoms with Crippen molar-refractivity contribution in [1.82, 2.24) is 20.2 Å². The van der Waals surface area contributed by atoms with Gasteiger partial charge in [-0.05, 0) is 19.2 Å². The molecule has 1 aliphatic heterocycles. The Balaban J connectivity index is 1.99. The normalized spacial score (nSPS) is 21.8. The van der Waals surface area contributed by atoms with Crippen LogP contribution in [0.4, 0.5) is 0 Å². The van der Waals surface area contributed by atoms with E-state index in [0.717, 1.165) is 36.4 Å². The number of para-hydroxylation sites is 2. The molecule has 2 aromatic rings. The van der Waals surface area contributed by atoms with Crippen molar-refractivity contribution in [3.05, 3.63) is 36.2 Å². The predicted octanol–water partition coefficient (Wildman–Crippen LogP) is 1.21. The molecule has 1 unspecified atom stereocenters. The zero-order chi connectivity index (χ0) is 11.7. The molecule has 88 valence electrons. The molecule has 0 saturated carbocycles. The van der Waals surface area contributed by atoms with Gasteiger partial charge >= 0.3 is 0 Å². The summed E-state index contributed by atoms with van der Waals surface area (Å²) in [7, 11) is 2.14. The number of nitrogens with one attached hydrogen (secondary N) is 1. The van der Waals surface area contributed by atoms with Gasteiger partial charge in [0.25, 0.3) is 0 Å². The summed E-state index contributed by atoms with van der Waals surface area (Å²) in [4.78, 5) is 11.5. The highest BCUT2D eigenvalue weighted by molar-refractivity contribution is 5.73. The molecule has 4 heteroatoms. The highest BCUT2D eigenvalue weighted by atomic mass is 15.2. The van der Waals surface area contributed by atoms with Crippen LogP contribution >= 0.6 is 0 Å². The zero-order valence-corrected chi connectivity index (χ0v) is 9.93. The summed E-state index contributed by atoms with van der Waals surface area (Å²) in [6, 6.07) is 8.34. The lowest BCUT2D eigenvalue weighted by Crippen LogP contribution is -2.44. The van der Waals surface area contributed by atoms with Crippen LogP contribution in [0.1, 0.15) is 11.7 Å². The first-order valence-electron chi connectivity index (χ1n) is 5.97. The van der Waals surface area contributed by atoms with Gasteiger partial charge in [-0.15, -0.1) is 0 Å². The van der Waals surface area contributed by atoms with Crippen LogP contribution < -0.4 is 5.32 Å². The molecule has 0 radical (unpaired) electrons. The fourth-order valence-corrected chi connectivity index (χ4v) is 2.27. The van der Waals surface area contributed by atoms with Crippen LogP contribution in [-0.4, -0.2) is 41.5 Å². The fourth-order valence-electron chi connectivity index (χ4n) is 2.27. The highest BCUT2D eigenvalue weighted by Gasteiger charge is 2.21. The molecule has 1 saturated heterocycles. The number of hydrogen-bond acceptors (Lipinski definition) is 4. The molecule has 1 aliphatic rings. The van der Waals surface area contributed by atoms with Gasteiger partial charge in [0.2, 0.25) is 0 Å². The van der Waals surface area contributed by atoms with Crippen LogP contribution in [0.5, 0.6) is 0 Å². The minimum atomic E-state index is 0.334. The Morgan fingerprint density at radius 2 is 2.12 bits per heavy atom. The summed E-state index contributed by atoms with van der Waals surface area (Å²) in [5, 5.41) is 3.40. The van der Waals surface area contributed by atoms with Gasteiger partial charge in [0.1, 0.15) is 0 Å². The van der Waals surface area contributed by atoms with Crippen molar-refractivity contribution < 1.29 is 0 Å². The summed E-state index contributed by atoms with van der Waals surface area (Å²) in [6.45, 7) is 3.05. The van der Waals surface area contributed by atoms with Crippen molar-refractivity contribution in [3.63, 3.8) is 0 Å². The number of piperazine rings is 1. The maximum Gasteiger partial charge on any atom is 0.0890 e. The molecule has 0 bridgehead atoms. The van der Waals surface area contributed by atoms with E-state index in [-0.39, 0.29) is 0 Å². The minimum absolute atomic E-state index is 0.334. The third kappa shape index (κ3) is 2.01. The molecule has 0 aliphatic carbocycles. The van der Waals surface area contributed by atoms with Crippen molar-refractivity contribution >= 4 is 11.0 Å². The van der Waals surface area contributed by atoms with E-state index >= 15 is 0 Å². The quantitative estimate of drug-likeness (QED) is 0.796.